The fourth-order valence-corrected chi connectivity index (χ4v) is 4.40. The van der Waals surface area contributed by atoms with Crippen molar-refractivity contribution in [3.63, 3.8) is 0 Å². The molecule has 2 aromatic rings. The molecular weight excluding hydrogens is 434 g/mol. The summed E-state index contributed by atoms with van der Waals surface area (Å²) in [6.07, 6.45) is 4.32. The number of nitrogens with zero attached hydrogens (tertiary/aromatic N) is 3. The van der Waals surface area contributed by atoms with Gasteiger partial charge < -0.3 is 20.3 Å². The number of rotatable bonds is 8. The van der Waals surface area contributed by atoms with Crippen LogP contribution < -0.4 is 15.4 Å². The average molecular weight is 460 g/mol. The highest BCUT2D eigenvalue weighted by Crippen LogP contribution is 2.31. The number of aromatic nitrogens is 1. The molecule has 1 aliphatic rings. The maximum atomic E-state index is 12.3. The van der Waals surface area contributed by atoms with E-state index in [-0.39, 0.29) is 11.8 Å². The lowest BCUT2D eigenvalue weighted by molar-refractivity contribution is -0.115. The quantitative estimate of drug-likeness (QED) is 0.462. The van der Waals surface area contributed by atoms with Crippen molar-refractivity contribution in [3.8, 4) is 5.75 Å². The van der Waals surface area contributed by atoms with Crippen molar-refractivity contribution in [1.29, 1.82) is 0 Å². The molecule has 164 valence electrons. The van der Waals surface area contributed by atoms with Crippen LogP contribution in [0.15, 0.2) is 34.3 Å². The van der Waals surface area contributed by atoms with Crippen LogP contribution in [0.5, 0.6) is 5.75 Å². The van der Waals surface area contributed by atoms with Crippen molar-refractivity contribution in [1.82, 2.24) is 15.2 Å². The van der Waals surface area contributed by atoms with E-state index in [2.05, 4.69) is 25.5 Å². The van der Waals surface area contributed by atoms with E-state index < -0.39 is 0 Å². The molecule has 1 aromatic carbocycles. The monoisotopic (exact) mass is 459 g/mol. The predicted molar refractivity (Wildman–Crippen MR) is 127 cm³/mol. The van der Waals surface area contributed by atoms with Gasteiger partial charge in [0.15, 0.2) is 10.3 Å². The van der Waals surface area contributed by atoms with Gasteiger partial charge in [0, 0.05) is 19.7 Å². The Bertz CT molecular complexity index is 1030. The number of carbonyl (C=O) groups excluding carboxylic acids is 2. The topological polar surface area (TPSA) is 95.9 Å². The third-order valence-electron chi connectivity index (χ3n) is 4.14. The fourth-order valence-electron chi connectivity index (χ4n) is 2.69. The molecule has 0 aliphatic carbocycles. The summed E-state index contributed by atoms with van der Waals surface area (Å²) in [5, 5.41) is 6.44. The van der Waals surface area contributed by atoms with Crippen molar-refractivity contribution < 1.29 is 14.3 Å². The van der Waals surface area contributed by atoms with E-state index in [0.29, 0.717) is 21.8 Å². The maximum Gasteiger partial charge on any atom is 0.264 e. The largest absolute Gasteiger partial charge is 0.494 e. The van der Waals surface area contributed by atoms with Crippen molar-refractivity contribution >= 4 is 57.0 Å². The van der Waals surface area contributed by atoms with Crippen LogP contribution in [0.25, 0.3) is 6.08 Å². The van der Waals surface area contributed by atoms with E-state index >= 15 is 0 Å². The second-order valence-corrected chi connectivity index (χ2v) is 9.28. The standard InChI is InChI=1S/C21H25N5O3S2/c1-13-10-15(29-9-5-8-26(3)4)6-7-17(13)24-21-25-19(28)18(31-21)11-16-12-22-20(30-16)23-14(2)27/h6-7,10-12H,5,8-9H2,1-4H3,(H,22,23,27)(H,24,25,28)/b18-11-. The van der Waals surface area contributed by atoms with Crippen LogP contribution in [-0.4, -0.2) is 54.1 Å². The van der Waals surface area contributed by atoms with Crippen molar-refractivity contribution in [2.45, 2.75) is 20.3 Å². The molecule has 0 saturated carbocycles. The molecular formula is C21H25N5O3S2. The number of thioether (sulfide) groups is 1. The Hall–Kier alpha value is -2.69. The van der Waals surface area contributed by atoms with Crippen molar-refractivity contribution in [3.05, 3.63) is 39.7 Å². The molecule has 2 amide bonds. The molecule has 0 unspecified atom stereocenters. The van der Waals surface area contributed by atoms with Crippen molar-refractivity contribution in [2.75, 3.05) is 32.6 Å². The van der Waals surface area contributed by atoms with Crippen molar-refractivity contribution in [2.24, 2.45) is 4.99 Å². The number of hydrogen-bond donors (Lipinski definition) is 2. The number of carbonyl (C=O) groups is 2. The van der Waals surface area contributed by atoms with Crippen LogP contribution in [0.2, 0.25) is 0 Å². The van der Waals surface area contributed by atoms with Gasteiger partial charge in [-0.25, -0.2) is 9.98 Å². The third-order valence-corrected chi connectivity index (χ3v) is 5.91. The summed E-state index contributed by atoms with van der Waals surface area (Å²) in [6, 6.07) is 5.73. The smallest absolute Gasteiger partial charge is 0.264 e. The van der Waals surface area contributed by atoms with E-state index in [0.717, 1.165) is 34.8 Å². The van der Waals surface area contributed by atoms with Gasteiger partial charge in [0.05, 0.1) is 22.1 Å². The molecule has 0 radical (unpaired) electrons. The Balaban J connectivity index is 1.64. The number of hydrogen-bond acceptors (Lipinski definition) is 8. The van der Waals surface area contributed by atoms with Gasteiger partial charge in [0.25, 0.3) is 5.91 Å². The summed E-state index contributed by atoms with van der Waals surface area (Å²) in [4.78, 5) is 35.6. The Morgan fingerprint density at radius 2 is 2.19 bits per heavy atom. The van der Waals surface area contributed by atoms with Gasteiger partial charge in [-0.3, -0.25) is 9.59 Å². The van der Waals surface area contributed by atoms with E-state index in [1.54, 1.807) is 12.3 Å². The average Bonchev–Trinajstić information content (AvgIpc) is 3.26. The first kappa shape index (κ1) is 23.0. The summed E-state index contributed by atoms with van der Waals surface area (Å²) in [7, 11) is 4.08. The molecule has 0 atom stereocenters. The zero-order valence-electron chi connectivity index (χ0n) is 17.9. The number of amidine groups is 1. The fraction of sp³-hybridized carbons (Fsp3) is 0.333. The second kappa shape index (κ2) is 10.6. The number of ether oxygens (including phenoxy) is 1. The minimum absolute atomic E-state index is 0.184. The molecule has 1 fully saturated rings. The first-order valence-electron chi connectivity index (χ1n) is 9.71. The van der Waals surface area contributed by atoms with Gasteiger partial charge in [0.2, 0.25) is 5.91 Å². The van der Waals surface area contributed by atoms with Crippen LogP contribution in [0.1, 0.15) is 23.8 Å². The Labute approximate surface area is 189 Å². The summed E-state index contributed by atoms with van der Waals surface area (Å²) in [5.41, 5.74) is 1.74. The van der Waals surface area contributed by atoms with E-state index in [4.69, 9.17) is 4.74 Å². The number of aliphatic imine (C=N–C) groups is 1. The first-order valence-corrected chi connectivity index (χ1v) is 11.3. The molecule has 2 heterocycles. The maximum absolute atomic E-state index is 12.3. The SMILES string of the molecule is CC(=O)Nc1ncc(/C=C2\S/C(=N\c3ccc(OCCCN(C)C)cc3C)NC2=O)s1. The molecule has 1 saturated heterocycles. The molecule has 8 nitrogen and oxygen atoms in total. The first-order chi connectivity index (χ1) is 14.8. The normalized spacial score (nSPS) is 16.2. The number of nitrogens with one attached hydrogen (secondary N) is 2. The van der Waals surface area contributed by atoms with Gasteiger partial charge in [-0.15, -0.1) is 0 Å². The van der Waals surface area contributed by atoms with Crippen LogP contribution in [0.3, 0.4) is 0 Å². The predicted octanol–water partition coefficient (Wildman–Crippen LogP) is 3.63. The van der Waals surface area contributed by atoms with Crippen LogP contribution in [0.4, 0.5) is 10.8 Å². The summed E-state index contributed by atoms with van der Waals surface area (Å²) in [6.45, 7) is 5.03. The number of anilines is 1. The molecule has 0 bridgehead atoms. The van der Waals surface area contributed by atoms with E-state index in [1.165, 1.54) is 30.0 Å². The molecule has 0 spiro atoms. The Morgan fingerprint density at radius 3 is 2.90 bits per heavy atom. The minimum atomic E-state index is -0.211. The summed E-state index contributed by atoms with van der Waals surface area (Å²) >= 11 is 2.57. The van der Waals surface area contributed by atoms with Gasteiger partial charge >= 0.3 is 0 Å². The number of aryl methyl sites for hydroxylation is 1. The number of thiazole rings is 1. The molecule has 31 heavy (non-hydrogen) atoms. The van der Waals surface area contributed by atoms with Gasteiger partial charge in [-0.05, 0) is 69.0 Å². The third kappa shape index (κ3) is 6.91. The summed E-state index contributed by atoms with van der Waals surface area (Å²) in [5.74, 6) is 0.414. The highest BCUT2D eigenvalue weighted by atomic mass is 32.2. The lowest BCUT2D eigenvalue weighted by atomic mass is 10.2. The molecule has 3 rings (SSSR count). The molecule has 2 N–H and O–H groups in total. The van der Waals surface area contributed by atoms with Gasteiger partial charge in [0.1, 0.15) is 5.75 Å². The number of amides is 2. The zero-order chi connectivity index (χ0) is 22.4. The van der Waals surface area contributed by atoms with E-state index in [9.17, 15) is 9.59 Å². The van der Waals surface area contributed by atoms with E-state index in [1.807, 2.05) is 39.2 Å². The summed E-state index contributed by atoms with van der Waals surface area (Å²) < 4.78 is 5.80. The second-order valence-electron chi connectivity index (χ2n) is 7.18. The molecule has 1 aromatic heterocycles. The Morgan fingerprint density at radius 1 is 1.39 bits per heavy atom. The molecule has 1 aliphatic heterocycles. The van der Waals surface area contributed by atoms with Gasteiger partial charge in [-0.1, -0.05) is 11.3 Å². The number of benzene rings is 1. The highest BCUT2D eigenvalue weighted by molar-refractivity contribution is 8.18. The van der Waals surface area contributed by atoms with Gasteiger partial charge in [-0.2, -0.15) is 0 Å². The molecule has 10 heteroatoms. The van der Waals surface area contributed by atoms with Crippen LogP contribution >= 0.6 is 23.1 Å². The highest BCUT2D eigenvalue weighted by Gasteiger charge is 2.24. The Kier molecular flexibility index (Phi) is 7.83. The van der Waals surface area contributed by atoms with Crippen LogP contribution in [-0.2, 0) is 9.59 Å². The lowest BCUT2D eigenvalue weighted by Crippen LogP contribution is -2.19. The van der Waals surface area contributed by atoms with Crippen LogP contribution in [0, 0.1) is 6.92 Å². The zero-order valence-corrected chi connectivity index (χ0v) is 19.5. The minimum Gasteiger partial charge on any atom is -0.494 e. The lowest BCUT2D eigenvalue weighted by Gasteiger charge is -2.11.